The lowest BCUT2D eigenvalue weighted by Crippen LogP contribution is -2.44. The number of halogens is 1. The Balaban J connectivity index is 1.39. The fourth-order valence-electron chi connectivity index (χ4n) is 4.36. The molecule has 0 aromatic heterocycles. The summed E-state index contributed by atoms with van der Waals surface area (Å²) < 4.78 is 11.4. The van der Waals surface area contributed by atoms with Gasteiger partial charge in [0.2, 0.25) is 11.8 Å². The van der Waals surface area contributed by atoms with E-state index in [4.69, 9.17) is 21.1 Å². The maximum atomic E-state index is 13.0. The molecule has 2 aliphatic heterocycles. The first-order valence-corrected chi connectivity index (χ1v) is 12.4. The van der Waals surface area contributed by atoms with Crippen LogP contribution >= 0.6 is 11.6 Å². The van der Waals surface area contributed by atoms with Crippen LogP contribution < -0.4 is 25.0 Å². The van der Waals surface area contributed by atoms with Crippen molar-refractivity contribution in [2.75, 3.05) is 36.5 Å². The Hall–Kier alpha value is -2.93. The third-order valence-corrected chi connectivity index (χ3v) is 6.32. The van der Waals surface area contributed by atoms with Gasteiger partial charge in [-0.25, -0.2) is 0 Å². The van der Waals surface area contributed by atoms with E-state index in [1.165, 1.54) is 12.8 Å². The van der Waals surface area contributed by atoms with Gasteiger partial charge in [0.05, 0.1) is 24.7 Å². The molecular weight excluding hydrogens is 454 g/mol. The number of carbonyl (C=O) groups is 2. The summed E-state index contributed by atoms with van der Waals surface area (Å²) in [5, 5.41) is 6.29. The van der Waals surface area contributed by atoms with Crippen molar-refractivity contribution < 1.29 is 19.1 Å². The molecule has 2 N–H and O–H groups in total. The van der Waals surface area contributed by atoms with Crippen molar-refractivity contribution in [2.45, 2.75) is 51.5 Å². The molecule has 2 amide bonds. The van der Waals surface area contributed by atoms with Crippen LogP contribution in [0.4, 0.5) is 11.4 Å². The molecule has 0 spiro atoms. The Labute approximate surface area is 205 Å². The van der Waals surface area contributed by atoms with E-state index >= 15 is 0 Å². The van der Waals surface area contributed by atoms with Crippen molar-refractivity contribution in [1.82, 2.24) is 5.32 Å². The monoisotopic (exact) mass is 485 g/mol. The second kappa shape index (κ2) is 11.5. The van der Waals surface area contributed by atoms with Gasteiger partial charge < -0.3 is 25.0 Å². The molecule has 2 aromatic rings. The summed E-state index contributed by atoms with van der Waals surface area (Å²) in [5.74, 6) is 0.603. The topological polar surface area (TPSA) is 79.9 Å². The summed E-state index contributed by atoms with van der Waals surface area (Å²) >= 11 is 6.36. The van der Waals surface area contributed by atoms with Crippen molar-refractivity contribution in [2.24, 2.45) is 0 Å². The predicted molar refractivity (Wildman–Crippen MR) is 134 cm³/mol. The first-order chi connectivity index (χ1) is 16.5. The maximum Gasteiger partial charge on any atom is 0.246 e. The minimum atomic E-state index is -0.621. The van der Waals surface area contributed by atoms with Gasteiger partial charge >= 0.3 is 0 Å². The fourth-order valence-corrected chi connectivity index (χ4v) is 4.65. The number of carbonyl (C=O) groups excluding carboxylic acids is 2. The molecule has 1 unspecified atom stereocenters. The van der Waals surface area contributed by atoms with Gasteiger partial charge in [0.25, 0.3) is 0 Å². The number of hydrogen-bond donors (Lipinski definition) is 2. The molecule has 2 aromatic carbocycles. The Bertz CT molecular complexity index is 1020. The standard InChI is InChI=1S/C26H32ClN3O4/c1-2-7-22(26(32)28-19-8-5-9-20(17-19)30-10-3-4-11-30)29-24(31)16-18-14-21(27)25-23(15-18)33-12-6-13-34-25/h5,8-9,14-15,17,22H,2-4,6-7,10-13,16H2,1H3,(H,28,32)(H,29,31). The summed E-state index contributed by atoms with van der Waals surface area (Å²) in [6.07, 6.45) is 4.56. The van der Waals surface area contributed by atoms with Gasteiger partial charge in [0.15, 0.2) is 11.5 Å². The molecule has 0 saturated carbocycles. The molecular formula is C26H32ClN3O4. The number of benzene rings is 2. The summed E-state index contributed by atoms with van der Waals surface area (Å²) in [4.78, 5) is 28.1. The van der Waals surface area contributed by atoms with Gasteiger partial charge in [-0.15, -0.1) is 0 Å². The van der Waals surface area contributed by atoms with Gasteiger partial charge in [0, 0.05) is 30.9 Å². The highest BCUT2D eigenvalue weighted by atomic mass is 35.5. The number of nitrogens with one attached hydrogen (secondary N) is 2. The van der Waals surface area contributed by atoms with Crippen LogP contribution in [0, 0.1) is 0 Å². The minimum absolute atomic E-state index is 0.0916. The van der Waals surface area contributed by atoms with Crippen LogP contribution in [0.2, 0.25) is 5.02 Å². The molecule has 0 bridgehead atoms. The molecule has 7 nitrogen and oxygen atoms in total. The molecule has 1 fully saturated rings. The van der Waals surface area contributed by atoms with Gasteiger partial charge in [-0.3, -0.25) is 9.59 Å². The molecule has 2 heterocycles. The van der Waals surface area contributed by atoms with E-state index in [1.54, 1.807) is 12.1 Å². The van der Waals surface area contributed by atoms with Gasteiger partial charge in [-0.1, -0.05) is 31.0 Å². The van der Waals surface area contributed by atoms with E-state index in [1.807, 2.05) is 25.1 Å². The van der Waals surface area contributed by atoms with E-state index in [2.05, 4.69) is 21.6 Å². The van der Waals surface area contributed by atoms with E-state index in [-0.39, 0.29) is 18.2 Å². The fraction of sp³-hybridized carbons (Fsp3) is 0.462. The van der Waals surface area contributed by atoms with Crippen LogP contribution in [0.15, 0.2) is 36.4 Å². The maximum absolute atomic E-state index is 13.0. The van der Waals surface area contributed by atoms with Crippen LogP contribution in [0.5, 0.6) is 11.5 Å². The van der Waals surface area contributed by atoms with Gasteiger partial charge in [0.1, 0.15) is 6.04 Å². The molecule has 2 aliphatic rings. The van der Waals surface area contributed by atoms with E-state index < -0.39 is 6.04 Å². The number of nitrogens with zero attached hydrogens (tertiary/aromatic N) is 1. The Morgan fingerprint density at radius 1 is 1.09 bits per heavy atom. The van der Waals surface area contributed by atoms with Gasteiger partial charge in [-0.05, 0) is 55.2 Å². The average Bonchev–Trinajstić information content (AvgIpc) is 3.25. The normalized spacial score (nSPS) is 16.0. The van der Waals surface area contributed by atoms with E-state index in [0.717, 1.165) is 37.3 Å². The van der Waals surface area contributed by atoms with Crippen LogP contribution in [-0.2, 0) is 16.0 Å². The molecule has 1 saturated heterocycles. The summed E-state index contributed by atoms with van der Waals surface area (Å²) in [7, 11) is 0. The second-order valence-electron chi connectivity index (χ2n) is 8.77. The number of rotatable bonds is 8. The highest BCUT2D eigenvalue weighted by Crippen LogP contribution is 2.38. The Morgan fingerprint density at radius 2 is 1.88 bits per heavy atom. The van der Waals surface area contributed by atoms with Crippen LogP contribution in [0.25, 0.3) is 0 Å². The Morgan fingerprint density at radius 3 is 2.68 bits per heavy atom. The summed E-state index contributed by atoms with van der Waals surface area (Å²) in [5.41, 5.74) is 2.55. The van der Waals surface area contributed by atoms with Crippen LogP contribution in [0.3, 0.4) is 0 Å². The smallest absolute Gasteiger partial charge is 0.246 e. The average molecular weight is 486 g/mol. The molecule has 0 aliphatic carbocycles. The zero-order valence-corrected chi connectivity index (χ0v) is 20.3. The highest BCUT2D eigenvalue weighted by Gasteiger charge is 2.22. The number of ether oxygens (including phenoxy) is 2. The molecule has 1 atom stereocenters. The lowest BCUT2D eigenvalue weighted by molar-refractivity contribution is -0.126. The van der Waals surface area contributed by atoms with E-state index in [9.17, 15) is 9.59 Å². The predicted octanol–water partition coefficient (Wildman–Crippen LogP) is 4.57. The molecule has 4 rings (SSSR count). The SMILES string of the molecule is CCCC(NC(=O)Cc1cc(Cl)c2c(c1)OCCCO2)C(=O)Nc1cccc(N2CCCC2)c1. The molecule has 182 valence electrons. The first kappa shape index (κ1) is 24.2. The van der Waals surface area contributed by atoms with Crippen LogP contribution in [0.1, 0.15) is 44.6 Å². The largest absolute Gasteiger partial charge is 0.489 e. The third-order valence-electron chi connectivity index (χ3n) is 6.04. The number of fused-ring (bicyclic) bond motifs is 1. The number of hydrogen-bond acceptors (Lipinski definition) is 5. The molecule has 0 radical (unpaired) electrons. The summed E-state index contributed by atoms with van der Waals surface area (Å²) in [6.45, 7) is 5.15. The van der Waals surface area contributed by atoms with Crippen molar-refractivity contribution in [3.63, 3.8) is 0 Å². The quantitative estimate of drug-likeness (QED) is 0.572. The van der Waals surface area contributed by atoms with Gasteiger partial charge in [-0.2, -0.15) is 0 Å². The van der Waals surface area contributed by atoms with Crippen molar-refractivity contribution in [3.8, 4) is 11.5 Å². The van der Waals surface area contributed by atoms with Crippen molar-refractivity contribution in [3.05, 3.63) is 47.0 Å². The lowest BCUT2D eigenvalue weighted by atomic mass is 10.1. The van der Waals surface area contributed by atoms with Crippen LogP contribution in [-0.4, -0.2) is 44.2 Å². The minimum Gasteiger partial charge on any atom is -0.489 e. The second-order valence-corrected chi connectivity index (χ2v) is 9.18. The molecule has 34 heavy (non-hydrogen) atoms. The number of anilines is 2. The third kappa shape index (κ3) is 6.14. The lowest BCUT2D eigenvalue weighted by Gasteiger charge is -2.20. The van der Waals surface area contributed by atoms with E-state index in [0.29, 0.717) is 41.7 Å². The van der Waals surface area contributed by atoms with Crippen molar-refractivity contribution in [1.29, 1.82) is 0 Å². The highest BCUT2D eigenvalue weighted by molar-refractivity contribution is 6.32. The Kier molecular flexibility index (Phi) is 8.16. The zero-order chi connectivity index (χ0) is 23.9. The number of amides is 2. The zero-order valence-electron chi connectivity index (χ0n) is 19.6. The first-order valence-electron chi connectivity index (χ1n) is 12.1. The molecule has 8 heteroatoms. The van der Waals surface area contributed by atoms with Crippen molar-refractivity contribution >= 4 is 34.8 Å². The summed E-state index contributed by atoms with van der Waals surface area (Å²) in [6, 6.07) is 10.8.